The van der Waals surface area contributed by atoms with Gasteiger partial charge in [0.1, 0.15) is 13.2 Å². The van der Waals surface area contributed by atoms with Crippen molar-refractivity contribution < 1.29 is 32.2 Å². The van der Waals surface area contributed by atoms with Gasteiger partial charge in [0.2, 0.25) is 10.0 Å². The van der Waals surface area contributed by atoms with Crippen LogP contribution >= 0.6 is 0 Å². The van der Waals surface area contributed by atoms with E-state index in [1.54, 1.807) is 11.0 Å². The molecule has 2 aliphatic heterocycles. The van der Waals surface area contributed by atoms with Crippen molar-refractivity contribution in [3.63, 3.8) is 0 Å². The molecule has 2 heterocycles. The standard InChI is InChI=1S/C23H29N3O7S/c1-16(17-4-6-20-22(14-17)33-13-12-32-20)24-23(27)25-8-10-26(11-9-25)34(28,29)18-5-7-19(30-2)21(15-18)31-3/h4-7,14-16H,8-13H2,1-3H3,(H,24,27)/t16-/m1/s1. The summed E-state index contributed by atoms with van der Waals surface area (Å²) in [5.74, 6) is 2.16. The molecule has 2 amide bonds. The number of carbonyl (C=O) groups is 1. The maximum absolute atomic E-state index is 13.1. The van der Waals surface area contributed by atoms with Crippen molar-refractivity contribution in [2.24, 2.45) is 0 Å². The molecule has 11 heteroatoms. The molecule has 0 radical (unpaired) electrons. The van der Waals surface area contributed by atoms with Gasteiger partial charge in [-0.3, -0.25) is 0 Å². The molecule has 1 saturated heterocycles. The van der Waals surface area contributed by atoms with Gasteiger partial charge in [0, 0.05) is 32.2 Å². The van der Waals surface area contributed by atoms with E-state index in [9.17, 15) is 13.2 Å². The largest absolute Gasteiger partial charge is 0.493 e. The van der Waals surface area contributed by atoms with E-state index in [-0.39, 0.29) is 43.1 Å². The first-order chi connectivity index (χ1) is 16.3. The molecule has 2 aromatic carbocycles. The van der Waals surface area contributed by atoms with Crippen LogP contribution in [0.5, 0.6) is 23.0 Å². The van der Waals surface area contributed by atoms with Crippen LogP contribution in [-0.2, 0) is 10.0 Å². The van der Waals surface area contributed by atoms with E-state index in [4.69, 9.17) is 18.9 Å². The van der Waals surface area contributed by atoms with Gasteiger partial charge in [-0.2, -0.15) is 4.31 Å². The summed E-state index contributed by atoms with van der Waals surface area (Å²) >= 11 is 0. The number of nitrogens with zero attached hydrogens (tertiary/aromatic N) is 2. The molecule has 1 fully saturated rings. The third-order valence-electron chi connectivity index (χ3n) is 5.92. The van der Waals surface area contributed by atoms with Gasteiger partial charge in [-0.15, -0.1) is 0 Å². The topological polar surface area (TPSA) is 107 Å². The van der Waals surface area contributed by atoms with Crippen LogP contribution in [0.2, 0.25) is 0 Å². The molecule has 0 unspecified atom stereocenters. The zero-order chi connectivity index (χ0) is 24.3. The maximum Gasteiger partial charge on any atom is 0.317 e. The average Bonchev–Trinajstić information content (AvgIpc) is 2.87. The number of carbonyl (C=O) groups excluding carboxylic acids is 1. The highest BCUT2D eigenvalue weighted by molar-refractivity contribution is 7.89. The Morgan fingerprint density at radius 1 is 0.941 bits per heavy atom. The highest BCUT2D eigenvalue weighted by Crippen LogP contribution is 2.33. The highest BCUT2D eigenvalue weighted by Gasteiger charge is 2.31. The molecule has 1 atom stereocenters. The van der Waals surface area contributed by atoms with Crippen molar-refractivity contribution in [1.82, 2.24) is 14.5 Å². The Hall–Kier alpha value is -3.18. The number of ether oxygens (including phenoxy) is 4. The van der Waals surface area contributed by atoms with Crippen molar-refractivity contribution in [3.8, 4) is 23.0 Å². The van der Waals surface area contributed by atoms with Crippen LogP contribution in [0.25, 0.3) is 0 Å². The van der Waals surface area contributed by atoms with E-state index >= 15 is 0 Å². The van der Waals surface area contributed by atoms with Crippen LogP contribution in [0.4, 0.5) is 4.79 Å². The second-order valence-electron chi connectivity index (χ2n) is 7.98. The molecule has 0 bridgehead atoms. The summed E-state index contributed by atoms with van der Waals surface area (Å²) in [5, 5.41) is 2.98. The number of rotatable bonds is 6. The fraction of sp³-hybridized carbons (Fsp3) is 0.435. The first-order valence-corrected chi connectivity index (χ1v) is 12.4. The molecule has 34 heavy (non-hydrogen) atoms. The fourth-order valence-electron chi connectivity index (χ4n) is 3.95. The van der Waals surface area contributed by atoms with Gasteiger partial charge in [0.05, 0.1) is 25.2 Å². The lowest BCUT2D eigenvalue weighted by atomic mass is 10.1. The second-order valence-corrected chi connectivity index (χ2v) is 9.92. The number of urea groups is 1. The third-order valence-corrected chi connectivity index (χ3v) is 7.82. The van der Waals surface area contributed by atoms with Gasteiger partial charge < -0.3 is 29.2 Å². The molecule has 0 aromatic heterocycles. The van der Waals surface area contributed by atoms with Crippen molar-refractivity contribution in [3.05, 3.63) is 42.0 Å². The number of benzene rings is 2. The van der Waals surface area contributed by atoms with Gasteiger partial charge in [-0.25, -0.2) is 13.2 Å². The summed E-state index contributed by atoms with van der Waals surface area (Å²) in [5.41, 5.74) is 0.896. The van der Waals surface area contributed by atoms with E-state index in [2.05, 4.69) is 5.32 Å². The molecule has 2 aromatic rings. The number of amides is 2. The molecule has 0 spiro atoms. The van der Waals surface area contributed by atoms with Crippen molar-refractivity contribution in [2.75, 3.05) is 53.6 Å². The van der Waals surface area contributed by atoms with E-state index in [0.717, 1.165) is 5.56 Å². The second kappa shape index (κ2) is 9.98. The lowest BCUT2D eigenvalue weighted by molar-refractivity contribution is 0.168. The van der Waals surface area contributed by atoms with E-state index in [1.807, 2.05) is 25.1 Å². The summed E-state index contributed by atoms with van der Waals surface area (Å²) < 4.78 is 49.1. The Labute approximate surface area is 199 Å². The summed E-state index contributed by atoms with van der Waals surface area (Å²) in [6.45, 7) is 3.87. The number of piperazine rings is 1. The Kier molecular flexibility index (Phi) is 7.03. The Bertz CT molecular complexity index is 1150. The van der Waals surface area contributed by atoms with Crippen LogP contribution in [-0.4, -0.2) is 77.3 Å². The van der Waals surface area contributed by atoms with E-state index in [1.165, 1.54) is 30.7 Å². The molecular formula is C23H29N3O7S. The first kappa shape index (κ1) is 24.0. The maximum atomic E-state index is 13.1. The van der Waals surface area contributed by atoms with Gasteiger partial charge in [-0.1, -0.05) is 6.07 Å². The molecule has 1 N–H and O–H groups in total. The van der Waals surface area contributed by atoms with Crippen LogP contribution in [0.3, 0.4) is 0 Å². The zero-order valence-corrected chi connectivity index (χ0v) is 20.3. The summed E-state index contributed by atoms with van der Waals surface area (Å²) in [7, 11) is -0.783. The fourth-order valence-corrected chi connectivity index (χ4v) is 5.38. The SMILES string of the molecule is COc1ccc(S(=O)(=O)N2CCN(C(=O)N[C@H](C)c3ccc4c(c3)OCCO4)CC2)cc1OC. The van der Waals surface area contributed by atoms with Gasteiger partial charge in [-0.05, 0) is 36.8 Å². The number of nitrogens with one attached hydrogen (secondary N) is 1. The monoisotopic (exact) mass is 491 g/mol. The van der Waals surface area contributed by atoms with Crippen LogP contribution in [0.1, 0.15) is 18.5 Å². The minimum absolute atomic E-state index is 0.121. The highest BCUT2D eigenvalue weighted by atomic mass is 32.2. The quantitative estimate of drug-likeness (QED) is 0.661. The molecule has 0 aliphatic carbocycles. The lowest BCUT2D eigenvalue weighted by Crippen LogP contribution is -2.53. The molecular weight excluding hydrogens is 462 g/mol. The Morgan fingerprint density at radius 2 is 1.62 bits per heavy atom. The first-order valence-electron chi connectivity index (χ1n) is 11.0. The van der Waals surface area contributed by atoms with Crippen molar-refractivity contribution in [2.45, 2.75) is 17.9 Å². The minimum atomic E-state index is -3.73. The van der Waals surface area contributed by atoms with E-state index in [0.29, 0.717) is 36.2 Å². The minimum Gasteiger partial charge on any atom is -0.493 e. The molecule has 10 nitrogen and oxygen atoms in total. The Balaban J connectivity index is 1.36. The number of hydrogen-bond donors (Lipinski definition) is 1. The summed E-state index contributed by atoms with van der Waals surface area (Å²) in [6.07, 6.45) is 0. The van der Waals surface area contributed by atoms with Crippen LogP contribution in [0, 0.1) is 0 Å². The molecule has 0 saturated carbocycles. The average molecular weight is 492 g/mol. The van der Waals surface area contributed by atoms with Crippen molar-refractivity contribution in [1.29, 1.82) is 0 Å². The number of fused-ring (bicyclic) bond motifs is 1. The lowest BCUT2D eigenvalue weighted by Gasteiger charge is -2.34. The van der Waals surface area contributed by atoms with Gasteiger partial charge in [0.25, 0.3) is 0 Å². The summed E-state index contributed by atoms with van der Waals surface area (Å²) in [6, 6.07) is 9.60. The smallest absolute Gasteiger partial charge is 0.317 e. The number of methoxy groups -OCH3 is 2. The van der Waals surface area contributed by atoms with Gasteiger partial charge >= 0.3 is 6.03 Å². The van der Waals surface area contributed by atoms with E-state index < -0.39 is 10.0 Å². The van der Waals surface area contributed by atoms with Crippen LogP contribution < -0.4 is 24.3 Å². The molecule has 2 aliphatic rings. The summed E-state index contributed by atoms with van der Waals surface area (Å²) in [4.78, 5) is 14.6. The number of sulfonamides is 1. The number of hydrogen-bond acceptors (Lipinski definition) is 7. The van der Waals surface area contributed by atoms with Crippen molar-refractivity contribution >= 4 is 16.1 Å². The van der Waals surface area contributed by atoms with Crippen LogP contribution in [0.15, 0.2) is 41.3 Å². The molecule has 184 valence electrons. The predicted molar refractivity (Wildman–Crippen MR) is 124 cm³/mol. The normalized spacial score (nSPS) is 17.1. The Morgan fingerprint density at radius 3 is 2.29 bits per heavy atom. The predicted octanol–water partition coefficient (Wildman–Crippen LogP) is 2.25. The molecule has 4 rings (SSSR count). The zero-order valence-electron chi connectivity index (χ0n) is 19.4. The van der Waals surface area contributed by atoms with Gasteiger partial charge in [0.15, 0.2) is 23.0 Å². The third kappa shape index (κ3) is 4.85.